The van der Waals surface area contributed by atoms with Crippen LogP contribution in [-0.2, 0) is 22.6 Å². The second-order valence-corrected chi connectivity index (χ2v) is 11.7. The number of ether oxygens (including phenoxy) is 1. The van der Waals surface area contributed by atoms with Gasteiger partial charge in [0, 0.05) is 41.8 Å². The summed E-state index contributed by atoms with van der Waals surface area (Å²) < 4.78 is 5.79. The van der Waals surface area contributed by atoms with Crippen LogP contribution < -0.4 is 10.5 Å². The molecule has 0 unspecified atom stereocenters. The number of carbonyl (C=O) groups excluding carboxylic acids is 3. The van der Waals surface area contributed by atoms with Gasteiger partial charge in [0.15, 0.2) is 11.4 Å². The number of ketones is 2. The summed E-state index contributed by atoms with van der Waals surface area (Å²) in [5, 5.41) is 54.6. The maximum absolute atomic E-state index is 13.9. The van der Waals surface area contributed by atoms with Crippen molar-refractivity contribution in [2.45, 2.75) is 56.3 Å². The van der Waals surface area contributed by atoms with E-state index in [4.69, 9.17) is 10.5 Å². The van der Waals surface area contributed by atoms with Crippen LogP contribution >= 0.6 is 0 Å². The first-order valence-corrected chi connectivity index (χ1v) is 13.8. The molecule has 7 N–H and O–H groups in total. The van der Waals surface area contributed by atoms with Crippen molar-refractivity contribution in [1.82, 2.24) is 9.80 Å². The summed E-state index contributed by atoms with van der Waals surface area (Å²) in [5.74, 6) is -6.46. The van der Waals surface area contributed by atoms with Crippen molar-refractivity contribution in [2.75, 3.05) is 34.4 Å². The largest absolute Gasteiger partial charge is 0.510 e. The highest BCUT2D eigenvalue weighted by atomic mass is 16.5. The molecule has 1 aromatic carbocycles. The number of methoxy groups -OCH3 is 1. The number of carbonyl (C=O) groups is 3. The van der Waals surface area contributed by atoms with Crippen LogP contribution in [-0.4, -0.2) is 105 Å². The number of aliphatic hydroxyl groups excluding tert-OH is 3. The van der Waals surface area contributed by atoms with Gasteiger partial charge in [-0.1, -0.05) is 0 Å². The summed E-state index contributed by atoms with van der Waals surface area (Å²) in [5.41, 5.74) is 2.70. The molecular formula is C29H37N3O9. The van der Waals surface area contributed by atoms with E-state index in [0.29, 0.717) is 29.8 Å². The second-order valence-electron chi connectivity index (χ2n) is 11.7. The number of nitrogens with two attached hydrogens (primary N) is 1. The minimum Gasteiger partial charge on any atom is -0.510 e. The fourth-order valence-corrected chi connectivity index (χ4v) is 7.53. The first-order chi connectivity index (χ1) is 19.4. The predicted molar refractivity (Wildman–Crippen MR) is 145 cm³/mol. The number of Topliss-reactive ketones (excluding diaryl/α,β-unsaturated/α-hetero) is 2. The van der Waals surface area contributed by atoms with Crippen LogP contribution in [0.4, 0.5) is 0 Å². The van der Waals surface area contributed by atoms with E-state index in [1.165, 1.54) is 18.1 Å². The smallest absolute Gasteiger partial charge is 0.255 e. The lowest BCUT2D eigenvalue weighted by molar-refractivity contribution is -0.148. The molecule has 1 amide bonds. The summed E-state index contributed by atoms with van der Waals surface area (Å²) in [4.78, 5) is 43.2. The van der Waals surface area contributed by atoms with Crippen LogP contribution in [0.25, 0.3) is 0 Å². The van der Waals surface area contributed by atoms with Gasteiger partial charge in [-0.2, -0.15) is 0 Å². The molecule has 0 spiro atoms. The zero-order chi connectivity index (χ0) is 30.0. The maximum Gasteiger partial charge on any atom is 0.255 e. The number of hydrogen-bond acceptors (Lipinski definition) is 11. The number of hydrogen-bond donors (Lipinski definition) is 6. The van der Waals surface area contributed by atoms with Gasteiger partial charge in [0.2, 0.25) is 5.78 Å². The molecule has 1 aromatic rings. The molecule has 0 bridgehead atoms. The lowest BCUT2D eigenvalue weighted by Crippen LogP contribution is -2.63. The minimum atomic E-state index is -2.68. The van der Waals surface area contributed by atoms with Crippen molar-refractivity contribution >= 4 is 17.5 Å². The van der Waals surface area contributed by atoms with Crippen LogP contribution in [0, 0.1) is 11.8 Å². The molecule has 1 saturated heterocycles. The van der Waals surface area contributed by atoms with Crippen LogP contribution in [0.15, 0.2) is 28.7 Å². The Kier molecular flexibility index (Phi) is 7.39. The Bertz CT molecular complexity index is 1380. The number of likely N-dealkylation sites (N-methyl/N-ethyl adjacent to an activating group) is 1. The molecule has 5 rings (SSSR count). The van der Waals surface area contributed by atoms with E-state index in [0.717, 1.165) is 19.4 Å². The van der Waals surface area contributed by atoms with Crippen molar-refractivity contribution in [1.29, 1.82) is 0 Å². The van der Waals surface area contributed by atoms with E-state index in [1.54, 1.807) is 14.1 Å². The summed E-state index contributed by atoms with van der Waals surface area (Å²) >= 11 is 0. The quantitative estimate of drug-likeness (QED) is 0.249. The van der Waals surface area contributed by atoms with Gasteiger partial charge in [-0.3, -0.25) is 24.2 Å². The summed E-state index contributed by atoms with van der Waals surface area (Å²) in [6, 6.07) is 0.590. The first-order valence-electron chi connectivity index (χ1n) is 13.8. The number of aromatic hydroxyl groups is 1. The third-order valence-corrected chi connectivity index (χ3v) is 9.29. The van der Waals surface area contributed by atoms with Crippen LogP contribution in [0.2, 0.25) is 0 Å². The van der Waals surface area contributed by atoms with E-state index in [9.17, 15) is 39.9 Å². The lowest BCUT2D eigenvalue weighted by Gasteiger charge is -2.50. The molecule has 41 heavy (non-hydrogen) atoms. The number of rotatable bonds is 7. The first kappa shape index (κ1) is 29.1. The third kappa shape index (κ3) is 4.23. The highest BCUT2D eigenvalue weighted by molar-refractivity contribution is 6.24. The number of likely N-dealkylation sites (tertiary alicyclic amines) is 1. The standard InChI is InChI=1S/C29H37N3O9/c1-31(2)22-17-10-13-9-16-20(18(34)11-14(25(16)41-3)12-32-7-4-5-15(32)6-8-33)23(35)19(13)26(37)29(17,40)27(38)21(24(22)36)28(30)39/h11,13,15,17,22,33-34,36-37,40H,4-10,12H2,1-3H3,(H2,30,39)/t13-,15+,17-,22-,29-/m0/s1. The Labute approximate surface area is 237 Å². The summed E-state index contributed by atoms with van der Waals surface area (Å²) in [6.07, 6.45) is 2.71. The fraction of sp³-hybridized carbons (Fsp3) is 0.552. The number of fused-ring (bicyclic) bond motifs is 3. The second kappa shape index (κ2) is 10.4. The number of primary amides is 1. The zero-order valence-electron chi connectivity index (χ0n) is 23.4. The van der Waals surface area contributed by atoms with Gasteiger partial charge in [-0.15, -0.1) is 0 Å². The molecule has 0 aromatic heterocycles. The Hall–Kier alpha value is -3.45. The third-order valence-electron chi connectivity index (χ3n) is 9.29. The van der Waals surface area contributed by atoms with Crippen LogP contribution in [0.3, 0.4) is 0 Å². The van der Waals surface area contributed by atoms with Crippen molar-refractivity contribution in [3.8, 4) is 11.5 Å². The van der Waals surface area contributed by atoms with E-state index >= 15 is 0 Å². The molecule has 3 aliphatic carbocycles. The molecule has 0 radical (unpaired) electrons. The lowest BCUT2D eigenvalue weighted by atomic mass is 9.58. The maximum atomic E-state index is 13.9. The highest BCUT2D eigenvalue weighted by Gasteiger charge is 2.63. The molecule has 0 saturated carbocycles. The van der Waals surface area contributed by atoms with E-state index in [-0.39, 0.29) is 42.4 Å². The fourth-order valence-electron chi connectivity index (χ4n) is 7.53. The van der Waals surface area contributed by atoms with Gasteiger partial charge in [-0.05, 0) is 64.7 Å². The number of amides is 1. The predicted octanol–water partition coefficient (Wildman–Crippen LogP) is 0.476. The average Bonchev–Trinajstić information content (AvgIpc) is 3.32. The number of allylic oxidation sites excluding steroid dienone is 1. The van der Waals surface area contributed by atoms with Crippen molar-refractivity contribution in [3.63, 3.8) is 0 Å². The van der Waals surface area contributed by atoms with E-state index in [2.05, 4.69) is 4.90 Å². The highest BCUT2D eigenvalue weighted by Crippen LogP contribution is 2.53. The van der Waals surface area contributed by atoms with Gasteiger partial charge >= 0.3 is 0 Å². The van der Waals surface area contributed by atoms with Crippen molar-refractivity contribution in [2.24, 2.45) is 17.6 Å². The Balaban J connectivity index is 1.62. The Morgan fingerprint density at radius 3 is 2.56 bits per heavy atom. The van der Waals surface area contributed by atoms with Crippen LogP contribution in [0.1, 0.15) is 47.2 Å². The monoisotopic (exact) mass is 571 g/mol. The molecule has 1 aliphatic heterocycles. The van der Waals surface area contributed by atoms with Crippen molar-refractivity contribution in [3.05, 3.63) is 45.4 Å². The van der Waals surface area contributed by atoms with Gasteiger partial charge in [0.05, 0.1) is 18.7 Å². The topological polar surface area (TPSA) is 194 Å². The van der Waals surface area contributed by atoms with Gasteiger partial charge < -0.3 is 36.0 Å². The zero-order valence-corrected chi connectivity index (χ0v) is 23.4. The van der Waals surface area contributed by atoms with Gasteiger partial charge in [0.1, 0.15) is 28.6 Å². The minimum absolute atomic E-state index is 0.00457. The number of phenols is 1. The number of benzene rings is 1. The molecular weight excluding hydrogens is 534 g/mol. The molecule has 4 aliphatic rings. The number of nitrogens with zero attached hydrogens (tertiary/aromatic N) is 2. The summed E-state index contributed by atoms with van der Waals surface area (Å²) in [6.45, 7) is 1.33. The molecule has 222 valence electrons. The molecule has 5 atom stereocenters. The van der Waals surface area contributed by atoms with Gasteiger partial charge in [0.25, 0.3) is 5.91 Å². The molecule has 12 heteroatoms. The number of phenolic OH excluding ortho intramolecular Hbond substituents is 1. The molecule has 12 nitrogen and oxygen atoms in total. The van der Waals surface area contributed by atoms with E-state index < -0.39 is 58.0 Å². The Morgan fingerprint density at radius 1 is 1.24 bits per heavy atom. The normalized spacial score (nSPS) is 30.0. The van der Waals surface area contributed by atoms with Gasteiger partial charge in [-0.25, -0.2) is 0 Å². The Morgan fingerprint density at radius 2 is 1.95 bits per heavy atom. The SMILES string of the molecule is COc1c(CN2CCC[C@@H]2CCO)cc(O)c2c1C[C@H]1C[C@H]3[C@H](N(C)C)C(O)=C(C(N)=O)C(=O)[C@@]3(O)C(O)=C1C2=O. The van der Waals surface area contributed by atoms with Crippen molar-refractivity contribution < 1.29 is 44.7 Å². The van der Waals surface area contributed by atoms with E-state index in [1.807, 2.05) is 0 Å². The molecule has 1 fully saturated rings. The van der Waals surface area contributed by atoms with Crippen LogP contribution in [0.5, 0.6) is 11.5 Å². The summed E-state index contributed by atoms with van der Waals surface area (Å²) in [7, 11) is 4.65. The number of aliphatic hydroxyl groups is 4. The average molecular weight is 572 g/mol. The molecule has 1 heterocycles.